The highest BCUT2D eigenvalue weighted by Crippen LogP contribution is 2.15. The number of carbonyl (C=O) groups is 4. The highest BCUT2D eigenvalue weighted by molar-refractivity contribution is 5.94. The number of hydrogen-bond acceptors (Lipinski definition) is 7. The molecule has 1 rings (SSSR count). The van der Waals surface area contributed by atoms with E-state index in [1.807, 2.05) is 27.7 Å². The van der Waals surface area contributed by atoms with Crippen LogP contribution >= 0.6 is 0 Å². The van der Waals surface area contributed by atoms with Gasteiger partial charge in [0.2, 0.25) is 17.7 Å². The topological polar surface area (TPSA) is 160 Å². The second-order valence-corrected chi connectivity index (χ2v) is 9.69. The minimum atomic E-state index is -0.830. The molecule has 4 amide bonds. The van der Waals surface area contributed by atoms with Crippen molar-refractivity contribution in [3.63, 3.8) is 0 Å². The molecule has 0 aliphatic heterocycles. The summed E-state index contributed by atoms with van der Waals surface area (Å²) < 4.78 is 5.41. The summed E-state index contributed by atoms with van der Waals surface area (Å²) in [7, 11) is 4.75. The lowest BCUT2D eigenvalue weighted by molar-refractivity contribution is -0.137. The van der Waals surface area contributed by atoms with E-state index in [2.05, 4.69) is 10.6 Å². The van der Waals surface area contributed by atoms with Crippen LogP contribution in [-0.2, 0) is 25.7 Å². The summed E-state index contributed by atoms with van der Waals surface area (Å²) in [5.74, 6) is -1.32. The smallest absolute Gasteiger partial charge is 0.410 e. The van der Waals surface area contributed by atoms with Gasteiger partial charge in [-0.05, 0) is 42.5 Å². The van der Waals surface area contributed by atoms with Crippen molar-refractivity contribution in [1.82, 2.24) is 15.1 Å². The standard InChI is InChI=1S/C25H42N6O5/c1-15(2)20(24(34)30(5)6)29-23(33)21(16(3)4)31(7)25(35)36-14-17-8-10-18(11-9-17)28-22(32)19(27)12-13-26/h8-11,15-16,19-21H,12-14,26-27H2,1-7H3,(H,28,32)(H,29,33)/t19-,20-,21-/m0/s1. The van der Waals surface area contributed by atoms with E-state index < -0.39 is 30.1 Å². The fourth-order valence-corrected chi connectivity index (χ4v) is 3.55. The van der Waals surface area contributed by atoms with E-state index in [1.54, 1.807) is 38.4 Å². The molecule has 0 saturated heterocycles. The molecule has 0 saturated carbocycles. The monoisotopic (exact) mass is 506 g/mol. The molecular formula is C25H42N6O5. The van der Waals surface area contributed by atoms with Crippen LogP contribution in [0.3, 0.4) is 0 Å². The summed E-state index contributed by atoms with van der Waals surface area (Å²) in [6.45, 7) is 7.63. The molecule has 0 bridgehead atoms. The first-order valence-corrected chi connectivity index (χ1v) is 12.1. The number of nitrogens with zero attached hydrogens (tertiary/aromatic N) is 2. The molecule has 0 aliphatic rings. The highest BCUT2D eigenvalue weighted by atomic mass is 16.6. The van der Waals surface area contributed by atoms with E-state index in [4.69, 9.17) is 16.2 Å². The van der Waals surface area contributed by atoms with Crippen LogP contribution < -0.4 is 22.1 Å². The van der Waals surface area contributed by atoms with Crippen LogP contribution in [0.4, 0.5) is 10.5 Å². The first-order chi connectivity index (χ1) is 16.8. The second-order valence-electron chi connectivity index (χ2n) is 9.69. The van der Waals surface area contributed by atoms with Gasteiger partial charge < -0.3 is 31.7 Å². The fraction of sp³-hybridized carbons (Fsp3) is 0.600. The molecule has 0 fully saturated rings. The van der Waals surface area contributed by atoms with Gasteiger partial charge in [-0.2, -0.15) is 0 Å². The molecule has 0 aromatic heterocycles. The maximum absolute atomic E-state index is 13.1. The number of ether oxygens (including phenoxy) is 1. The third-order valence-corrected chi connectivity index (χ3v) is 5.67. The lowest BCUT2D eigenvalue weighted by Crippen LogP contribution is -2.57. The van der Waals surface area contributed by atoms with Crippen LogP contribution in [0.25, 0.3) is 0 Å². The SMILES string of the molecule is CC(C)[C@H](NC(=O)[C@H](C(C)C)N(C)C(=O)OCc1ccc(NC(=O)[C@@H](N)CCN)cc1)C(=O)N(C)C. The molecule has 11 heteroatoms. The van der Waals surface area contributed by atoms with E-state index in [9.17, 15) is 19.2 Å². The molecule has 0 heterocycles. The zero-order valence-corrected chi connectivity index (χ0v) is 22.4. The van der Waals surface area contributed by atoms with Crippen LogP contribution in [0.15, 0.2) is 24.3 Å². The van der Waals surface area contributed by atoms with E-state index in [0.717, 1.165) is 0 Å². The quantitative estimate of drug-likeness (QED) is 0.330. The number of amides is 4. The normalized spacial score (nSPS) is 13.5. The van der Waals surface area contributed by atoms with Crippen molar-refractivity contribution >= 4 is 29.5 Å². The van der Waals surface area contributed by atoms with Crippen molar-refractivity contribution in [2.45, 2.75) is 58.8 Å². The highest BCUT2D eigenvalue weighted by Gasteiger charge is 2.34. The Morgan fingerprint density at radius 2 is 1.53 bits per heavy atom. The maximum atomic E-state index is 13.1. The summed E-state index contributed by atoms with van der Waals surface area (Å²) in [5, 5.41) is 5.50. The first-order valence-electron chi connectivity index (χ1n) is 12.1. The van der Waals surface area contributed by atoms with Crippen molar-refractivity contribution in [1.29, 1.82) is 0 Å². The fourth-order valence-electron chi connectivity index (χ4n) is 3.55. The Balaban J connectivity index is 2.78. The van der Waals surface area contributed by atoms with Crippen LogP contribution in [0, 0.1) is 11.8 Å². The number of benzene rings is 1. The molecule has 0 radical (unpaired) electrons. The van der Waals surface area contributed by atoms with E-state index in [-0.39, 0.29) is 30.3 Å². The van der Waals surface area contributed by atoms with Crippen LogP contribution in [0.1, 0.15) is 39.7 Å². The van der Waals surface area contributed by atoms with Gasteiger partial charge in [-0.15, -0.1) is 0 Å². The Hall–Kier alpha value is -3.18. The summed E-state index contributed by atoms with van der Waals surface area (Å²) in [4.78, 5) is 53.0. The van der Waals surface area contributed by atoms with E-state index >= 15 is 0 Å². The average Bonchev–Trinajstić information content (AvgIpc) is 2.81. The van der Waals surface area contributed by atoms with Crippen molar-refractivity contribution < 1.29 is 23.9 Å². The van der Waals surface area contributed by atoms with Crippen molar-refractivity contribution in [3.8, 4) is 0 Å². The number of carbonyl (C=O) groups excluding carboxylic acids is 4. The number of rotatable bonds is 12. The predicted octanol–water partition coefficient (Wildman–Crippen LogP) is 1.12. The summed E-state index contributed by atoms with van der Waals surface area (Å²) >= 11 is 0. The molecule has 0 aliphatic carbocycles. The zero-order valence-electron chi connectivity index (χ0n) is 22.4. The van der Waals surface area contributed by atoms with Gasteiger partial charge in [-0.1, -0.05) is 39.8 Å². The van der Waals surface area contributed by atoms with Crippen LogP contribution in [-0.4, -0.2) is 79.4 Å². The van der Waals surface area contributed by atoms with Crippen LogP contribution in [0.2, 0.25) is 0 Å². The minimum Gasteiger partial charge on any atom is -0.445 e. The average molecular weight is 507 g/mol. The molecule has 6 N–H and O–H groups in total. The van der Waals surface area contributed by atoms with Gasteiger partial charge in [0.15, 0.2) is 0 Å². The summed E-state index contributed by atoms with van der Waals surface area (Å²) in [6, 6.07) is 4.56. The largest absolute Gasteiger partial charge is 0.445 e. The molecule has 11 nitrogen and oxygen atoms in total. The lowest BCUT2D eigenvalue weighted by atomic mass is 9.99. The molecule has 1 aromatic rings. The van der Waals surface area contributed by atoms with Gasteiger partial charge in [0.25, 0.3) is 0 Å². The Morgan fingerprint density at radius 1 is 0.944 bits per heavy atom. The Bertz CT molecular complexity index is 887. The summed E-state index contributed by atoms with van der Waals surface area (Å²) in [5.41, 5.74) is 12.4. The summed E-state index contributed by atoms with van der Waals surface area (Å²) in [6.07, 6.45) is -0.290. The molecule has 36 heavy (non-hydrogen) atoms. The van der Waals surface area contributed by atoms with Crippen molar-refractivity contribution in [2.75, 3.05) is 33.0 Å². The molecule has 3 atom stereocenters. The Morgan fingerprint density at radius 3 is 2.00 bits per heavy atom. The maximum Gasteiger partial charge on any atom is 0.410 e. The van der Waals surface area contributed by atoms with Gasteiger partial charge in [0.05, 0.1) is 6.04 Å². The molecule has 202 valence electrons. The van der Waals surface area contributed by atoms with Gasteiger partial charge >= 0.3 is 6.09 Å². The van der Waals surface area contributed by atoms with E-state index in [1.165, 1.54) is 16.8 Å². The minimum absolute atomic E-state index is 0.0236. The van der Waals surface area contributed by atoms with Gasteiger partial charge in [0.1, 0.15) is 18.7 Å². The first kappa shape index (κ1) is 30.9. The van der Waals surface area contributed by atoms with E-state index in [0.29, 0.717) is 24.2 Å². The van der Waals surface area contributed by atoms with Gasteiger partial charge in [0, 0.05) is 26.8 Å². The van der Waals surface area contributed by atoms with Gasteiger partial charge in [-0.3, -0.25) is 19.3 Å². The Labute approximate surface area is 213 Å². The number of likely N-dealkylation sites (N-methyl/N-ethyl adjacent to an activating group) is 2. The number of nitrogens with one attached hydrogen (secondary N) is 2. The molecule has 0 spiro atoms. The lowest BCUT2D eigenvalue weighted by Gasteiger charge is -2.32. The van der Waals surface area contributed by atoms with Crippen molar-refractivity contribution in [3.05, 3.63) is 29.8 Å². The van der Waals surface area contributed by atoms with Crippen molar-refractivity contribution in [2.24, 2.45) is 23.3 Å². The zero-order chi connectivity index (χ0) is 27.6. The molecule has 0 unspecified atom stereocenters. The van der Waals surface area contributed by atoms with Gasteiger partial charge in [-0.25, -0.2) is 4.79 Å². The molecular weight excluding hydrogens is 464 g/mol. The third kappa shape index (κ3) is 9.12. The van der Waals surface area contributed by atoms with Crippen LogP contribution in [0.5, 0.6) is 0 Å². The number of anilines is 1. The number of nitrogens with two attached hydrogens (primary N) is 2. The predicted molar refractivity (Wildman–Crippen MR) is 139 cm³/mol. The Kier molecular flexibility index (Phi) is 12.3. The molecule has 1 aromatic carbocycles. The second kappa shape index (κ2) is 14.4. The third-order valence-electron chi connectivity index (χ3n) is 5.67. The number of hydrogen-bond donors (Lipinski definition) is 4.